The van der Waals surface area contributed by atoms with Crippen LogP contribution in [-0.4, -0.2) is 53.5 Å². The number of allylic oxidation sites excluding steroid dienone is 1. The molecule has 0 radical (unpaired) electrons. The van der Waals surface area contributed by atoms with E-state index in [4.69, 9.17) is 5.73 Å². The molecule has 0 saturated carbocycles. The average molecular weight is 469 g/mol. The molecule has 0 rings (SSSR count). The predicted molar refractivity (Wildman–Crippen MR) is 129 cm³/mol. The van der Waals surface area contributed by atoms with Gasteiger partial charge in [0.25, 0.3) is 0 Å². The van der Waals surface area contributed by atoms with Gasteiger partial charge in [-0.15, -0.1) is 6.58 Å². The zero-order valence-corrected chi connectivity index (χ0v) is 21.0. The third kappa shape index (κ3) is 11.8. The van der Waals surface area contributed by atoms with E-state index in [0.717, 1.165) is 0 Å². The molecule has 0 aliphatic carbocycles. The van der Waals surface area contributed by atoms with E-state index in [1.807, 2.05) is 27.7 Å². The van der Waals surface area contributed by atoms with Crippen LogP contribution in [0.4, 0.5) is 0 Å². The average Bonchev–Trinajstić information content (AvgIpc) is 2.69. The first-order valence-electron chi connectivity index (χ1n) is 11.8. The Balaban J connectivity index is 5.44. The Morgan fingerprint density at radius 3 is 2.03 bits per heavy atom. The highest BCUT2D eigenvalue weighted by Crippen LogP contribution is 2.20. The first-order chi connectivity index (χ1) is 15.3. The Labute approximate surface area is 198 Å². The van der Waals surface area contributed by atoms with E-state index in [2.05, 4.69) is 22.5 Å². The van der Waals surface area contributed by atoms with Crippen LogP contribution in [0.25, 0.3) is 0 Å². The van der Waals surface area contributed by atoms with Crippen LogP contribution in [0.2, 0.25) is 0 Å². The number of nitrogens with one attached hydrogen (secondary N) is 3. The molecule has 9 heteroatoms. The van der Waals surface area contributed by atoms with E-state index < -0.39 is 35.9 Å². The van der Waals surface area contributed by atoms with Gasteiger partial charge in [0, 0.05) is 24.8 Å². The maximum atomic E-state index is 13.0. The summed E-state index contributed by atoms with van der Waals surface area (Å²) in [6, 6.07) is -1.29. The van der Waals surface area contributed by atoms with Gasteiger partial charge in [0.15, 0.2) is 0 Å². The van der Waals surface area contributed by atoms with Gasteiger partial charge >= 0.3 is 0 Å². The number of nitrogens with two attached hydrogens (primary N) is 1. The van der Waals surface area contributed by atoms with Crippen molar-refractivity contribution < 1.29 is 24.3 Å². The molecule has 0 bridgehead atoms. The van der Waals surface area contributed by atoms with Crippen LogP contribution < -0.4 is 21.7 Å². The largest absolute Gasteiger partial charge is 0.391 e. The zero-order chi connectivity index (χ0) is 25.7. The van der Waals surface area contributed by atoms with Gasteiger partial charge in [-0.2, -0.15) is 0 Å². The monoisotopic (exact) mass is 468 g/mol. The predicted octanol–water partition coefficient (Wildman–Crippen LogP) is 1.25. The molecule has 0 fully saturated rings. The Bertz CT molecular complexity index is 665. The third-order valence-electron chi connectivity index (χ3n) is 5.42. The van der Waals surface area contributed by atoms with E-state index >= 15 is 0 Å². The molecule has 4 amide bonds. The highest BCUT2D eigenvalue weighted by Gasteiger charge is 2.32. The number of hydrogen-bond acceptors (Lipinski definition) is 5. The molecule has 0 unspecified atom stereocenters. The molecule has 9 nitrogen and oxygen atoms in total. The lowest BCUT2D eigenvalue weighted by molar-refractivity contribution is -0.133. The van der Waals surface area contributed by atoms with Crippen LogP contribution >= 0.6 is 0 Å². The van der Waals surface area contributed by atoms with Gasteiger partial charge in [-0.05, 0) is 38.0 Å². The van der Waals surface area contributed by atoms with Crippen molar-refractivity contribution >= 4 is 23.6 Å². The van der Waals surface area contributed by atoms with Crippen LogP contribution in [0, 0.1) is 23.7 Å². The lowest BCUT2D eigenvalue weighted by Crippen LogP contribution is -2.52. The van der Waals surface area contributed by atoms with Crippen molar-refractivity contribution in [2.75, 3.05) is 6.54 Å². The maximum absolute atomic E-state index is 13.0. The molecule has 0 aromatic rings. The number of hydrogen-bond donors (Lipinski definition) is 5. The van der Waals surface area contributed by atoms with Gasteiger partial charge in [-0.1, -0.05) is 40.7 Å². The molecular weight excluding hydrogens is 424 g/mol. The van der Waals surface area contributed by atoms with E-state index in [0.29, 0.717) is 19.4 Å². The van der Waals surface area contributed by atoms with Gasteiger partial charge in [0.05, 0.1) is 12.1 Å². The fraction of sp³-hybridized carbons (Fsp3) is 0.750. The Kier molecular flexibility index (Phi) is 14.3. The molecular formula is C24H44N4O5. The minimum absolute atomic E-state index is 0.0833. The lowest BCUT2D eigenvalue weighted by atomic mass is 9.89. The summed E-state index contributed by atoms with van der Waals surface area (Å²) in [5, 5.41) is 19.3. The maximum Gasteiger partial charge on any atom is 0.242 e. The molecule has 0 heterocycles. The summed E-state index contributed by atoms with van der Waals surface area (Å²) in [4.78, 5) is 49.0. The number of carbonyl (C=O) groups is 4. The molecule has 0 spiro atoms. The standard InChI is InChI=1S/C24H44N4O5/c1-8-10-17(23(32)28-21(15(5)6)24(33)26-9-2)13-19(29)18(11-14(3)4)27-22(31)16(7)12-20(25)30/h8,14-19,21,29H,1,9-13H2,2-7H3,(H2,25,30)(H,26,33)(H,27,31)(H,28,32)/t16-,17+,18-,19-,21-/m0/s1. The third-order valence-corrected chi connectivity index (χ3v) is 5.42. The Hall–Kier alpha value is -2.42. The Morgan fingerprint density at radius 2 is 1.58 bits per heavy atom. The molecule has 0 saturated heterocycles. The van der Waals surface area contributed by atoms with Gasteiger partial charge in [0.2, 0.25) is 23.6 Å². The van der Waals surface area contributed by atoms with Crippen LogP contribution in [0.15, 0.2) is 12.7 Å². The van der Waals surface area contributed by atoms with Crippen LogP contribution in [0.3, 0.4) is 0 Å². The first kappa shape index (κ1) is 30.6. The number of likely N-dealkylation sites (N-methyl/N-ethyl adjacent to an activating group) is 1. The van der Waals surface area contributed by atoms with Crippen molar-refractivity contribution in [3.63, 3.8) is 0 Å². The summed E-state index contributed by atoms with van der Waals surface area (Å²) in [5.74, 6) is -2.75. The van der Waals surface area contributed by atoms with E-state index in [9.17, 15) is 24.3 Å². The molecule has 0 aliphatic heterocycles. The smallest absolute Gasteiger partial charge is 0.242 e. The lowest BCUT2D eigenvalue weighted by Gasteiger charge is -2.30. The second-order valence-electron chi connectivity index (χ2n) is 9.47. The van der Waals surface area contributed by atoms with Crippen molar-refractivity contribution in [2.24, 2.45) is 29.4 Å². The summed E-state index contributed by atoms with van der Waals surface area (Å²) in [6.45, 7) is 15.2. The second-order valence-corrected chi connectivity index (χ2v) is 9.47. The van der Waals surface area contributed by atoms with Gasteiger partial charge in [-0.25, -0.2) is 0 Å². The molecule has 5 atom stereocenters. The number of primary amides is 1. The number of aliphatic hydroxyl groups is 1. The SMILES string of the molecule is C=CC[C@H](C[C@H](O)[C@H](CC(C)C)NC(=O)[C@@H](C)CC(N)=O)C(=O)N[C@H](C(=O)NCC)C(C)C. The number of rotatable bonds is 16. The van der Waals surface area contributed by atoms with Crippen LogP contribution in [0.5, 0.6) is 0 Å². The van der Waals surface area contributed by atoms with Crippen molar-refractivity contribution in [1.29, 1.82) is 0 Å². The molecule has 190 valence electrons. The van der Waals surface area contributed by atoms with Gasteiger partial charge in [0.1, 0.15) is 6.04 Å². The van der Waals surface area contributed by atoms with E-state index in [-0.39, 0.29) is 42.4 Å². The summed E-state index contributed by atoms with van der Waals surface area (Å²) in [7, 11) is 0. The molecule has 0 aromatic heterocycles. The minimum atomic E-state index is -1.00. The minimum Gasteiger partial charge on any atom is -0.391 e. The molecule has 33 heavy (non-hydrogen) atoms. The van der Waals surface area contributed by atoms with Crippen molar-refractivity contribution in [3.05, 3.63) is 12.7 Å². The van der Waals surface area contributed by atoms with Crippen molar-refractivity contribution in [3.8, 4) is 0 Å². The molecule has 0 aliphatic rings. The molecule has 0 aromatic carbocycles. The summed E-state index contributed by atoms with van der Waals surface area (Å²) >= 11 is 0. The van der Waals surface area contributed by atoms with Crippen molar-refractivity contribution in [1.82, 2.24) is 16.0 Å². The van der Waals surface area contributed by atoms with E-state index in [1.165, 1.54) is 0 Å². The second kappa shape index (κ2) is 15.4. The van der Waals surface area contributed by atoms with Gasteiger partial charge < -0.3 is 26.8 Å². The fourth-order valence-electron chi connectivity index (χ4n) is 3.60. The summed E-state index contributed by atoms with van der Waals surface area (Å²) in [6.07, 6.45) is 1.39. The summed E-state index contributed by atoms with van der Waals surface area (Å²) < 4.78 is 0. The highest BCUT2D eigenvalue weighted by atomic mass is 16.3. The fourth-order valence-corrected chi connectivity index (χ4v) is 3.60. The molecule has 6 N–H and O–H groups in total. The zero-order valence-electron chi connectivity index (χ0n) is 21.0. The number of aliphatic hydroxyl groups excluding tert-OH is 1. The van der Waals surface area contributed by atoms with Crippen molar-refractivity contribution in [2.45, 2.75) is 85.4 Å². The topological polar surface area (TPSA) is 151 Å². The van der Waals surface area contributed by atoms with Crippen LogP contribution in [0.1, 0.15) is 67.2 Å². The Morgan fingerprint density at radius 1 is 0.970 bits per heavy atom. The highest BCUT2D eigenvalue weighted by molar-refractivity contribution is 5.88. The first-order valence-corrected chi connectivity index (χ1v) is 11.8. The van der Waals surface area contributed by atoms with Gasteiger partial charge in [-0.3, -0.25) is 19.2 Å². The number of carbonyl (C=O) groups excluding carboxylic acids is 4. The number of amides is 4. The summed E-state index contributed by atoms with van der Waals surface area (Å²) in [5.41, 5.74) is 5.19. The normalized spacial score (nSPS) is 15.8. The van der Waals surface area contributed by atoms with Crippen LogP contribution in [-0.2, 0) is 19.2 Å². The quantitative estimate of drug-likeness (QED) is 0.216. The van der Waals surface area contributed by atoms with E-state index in [1.54, 1.807) is 19.9 Å².